The normalized spacial score (nSPS) is 12.4. The second-order valence-corrected chi connectivity index (χ2v) is 5.65. The Morgan fingerprint density at radius 2 is 1.86 bits per heavy atom. The van der Waals surface area contributed by atoms with Crippen LogP contribution in [0.25, 0.3) is 0 Å². The van der Waals surface area contributed by atoms with Crippen molar-refractivity contribution in [2.75, 3.05) is 6.54 Å². The molecular formula is C14H19N3O5. The number of ether oxygens (including phenoxy) is 1. The Hall–Kier alpha value is -2.48. The zero-order valence-electron chi connectivity index (χ0n) is 12.7. The summed E-state index contributed by atoms with van der Waals surface area (Å²) in [5.74, 6) is -1.09. The van der Waals surface area contributed by atoms with Gasteiger partial charge in [0.2, 0.25) is 0 Å². The fourth-order valence-corrected chi connectivity index (χ4v) is 1.50. The summed E-state index contributed by atoms with van der Waals surface area (Å²) in [6.07, 6.45) is 0. The van der Waals surface area contributed by atoms with Crippen LogP contribution < -0.4 is 11.1 Å². The van der Waals surface area contributed by atoms with E-state index >= 15 is 0 Å². The maximum absolute atomic E-state index is 11.8. The number of esters is 1. The molecule has 1 atom stereocenters. The maximum Gasteiger partial charge on any atom is 0.325 e. The number of rotatable bonds is 5. The summed E-state index contributed by atoms with van der Waals surface area (Å²) in [4.78, 5) is 33.5. The Morgan fingerprint density at radius 3 is 2.32 bits per heavy atom. The molecule has 1 rings (SSSR count). The van der Waals surface area contributed by atoms with Gasteiger partial charge in [0.25, 0.3) is 11.6 Å². The summed E-state index contributed by atoms with van der Waals surface area (Å²) >= 11 is 0. The highest BCUT2D eigenvalue weighted by molar-refractivity contribution is 5.94. The average Bonchev–Trinajstić information content (AvgIpc) is 2.42. The summed E-state index contributed by atoms with van der Waals surface area (Å²) in [6.45, 7) is 5.05. The van der Waals surface area contributed by atoms with Crippen molar-refractivity contribution in [2.45, 2.75) is 32.4 Å². The maximum atomic E-state index is 11.8. The lowest BCUT2D eigenvalue weighted by atomic mass is 10.2. The summed E-state index contributed by atoms with van der Waals surface area (Å²) in [6, 6.07) is 4.12. The first-order valence-electron chi connectivity index (χ1n) is 6.61. The highest BCUT2D eigenvalue weighted by Gasteiger charge is 2.22. The number of non-ortho nitro benzene ring substituents is 1. The second-order valence-electron chi connectivity index (χ2n) is 5.65. The molecule has 0 aliphatic carbocycles. The van der Waals surface area contributed by atoms with Crippen LogP contribution in [-0.4, -0.2) is 35.0 Å². The number of hydrogen-bond acceptors (Lipinski definition) is 6. The molecule has 0 radical (unpaired) electrons. The summed E-state index contributed by atoms with van der Waals surface area (Å²) in [5, 5.41) is 13.0. The Kier molecular flexibility index (Phi) is 5.58. The molecule has 120 valence electrons. The van der Waals surface area contributed by atoms with Crippen LogP contribution >= 0.6 is 0 Å². The van der Waals surface area contributed by atoms with Crippen LogP contribution in [0, 0.1) is 10.1 Å². The monoisotopic (exact) mass is 309 g/mol. The summed E-state index contributed by atoms with van der Waals surface area (Å²) < 4.78 is 5.09. The Bertz CT molecular complexity index is 563. The minimum Gasteiger partial charge on any atom is -0.459 e. The SMILES string of the molecule is CC(C)(C)OC(=O)C(N)CNC(=O)c1ccc([N+](=O)[O-])cc1. The lowest BCUT2D eigenvalue weighted by molar-refractivity contribution is -0.384. The summed E-state index contributed by atoms with van der Waals surface area (Å²) in [5.41, 5.74) is 5.11. The average molecular weight is 309 g/mol. The number of nitro groups is 1. The van der Waals surface area contributed by atoms with Crippen molar-refractivity contribution in [1.29, 1.82) is 0 Å². The van der Waals surface area contributed by atoms with Crippen molar-refractivity contribution in [3.63, 3.8) is 0 Å². The molecule has 22 heavy (non-hydrogen) atoms. The number of nitrogens with zero attached hydrogens (tertiary/aromatic N) is 1. The molecule has 1 amide bonds. The first-order chi connectivity index (χ1) is 10.1. The van der Waals surface area contributed by atoms with E-state index in [1.165, 1.54) is 24.3 Å². The number of nitro benzene ring substituents is 1. The van der Waals surface area contributed by atoms with Crippen LogP contribution in [0.4, 0.5) is 5.69 Å². The number of carbonyl (C=O) groups excluding carboxylic acids is 2. The van der Waals surface area contributed by atoms with Gasteiger partial charge in [-0.25, -0.2) is 0 Å². The Balaban J connectivity index is 2.55. The number of nitrogens with two attached hydrogens (primary N) is 1. The molecule has 0 saturated heterocycles. The van der Waals surface area contributed by atoms with E-state index < -0.39 is 28.4 Å². The minimum absolute atomic E-state index is 0.0925. The minimum atomic E-state index is -0.985. The zero-order chi connectivity index (χ0) is 16.9. The Labute approximate surface area is 127 Å². The predicted molar refractivity (Wildman–Crippen MR) is 79.3 cm³/mol. The van der Waals surface area contributed by atoms with Gasteiger partial charge in [-0.1, -0.05) is 0 Å². The molecule has 0 fully saturated rings. The molecule has 0 spiro atoms. The van der Waals surface area contributed by atoms with Crippen LogP contribution in [0.15, 0.2) is 24.3 Å². The number of amides is 1. The first-order valence-corrected chi connectivity index (χ1v) is 6.61. The number of benzene rings is 1. The highest BCUT2D eigenvalue weighted by atomic mass is 16.6. The van der Waals surface area contributed by atoms with Crippen LogP contribution in [0.5, 0.6) is 0 Å². The number of carbonyl (C=O) groups is 2. The van der Waals surface area contributed by atoms with Gasteiger partial charge in [-0.05, 0) is 32.9 Å². The fraction of sp³-hybridized carbons (Fsp3) is 0.429. The third-order valence-corrected chi connectivity index (χ3v) is 2.53. The largest absolute Gasteiger partial charge is 0.459 e. The first kappa shape index (κ1) is 17.6. The molecule has 0 heterocycles. The van der Waals surface area contributed by atoms with Crippen LogP contribution in [0.1, 0.15) is 31.1 Å². The van der Waals surface area contributed by atoms with Crippen molar-refractivity contribution in [1.82, 2.24) is 5.32 Å². The van der Waals surface area contributed by atoms with Gasteiger partial charge in [-0.2, -0.15) is 0 Å². The van der Waals surface area contributed by atoms with E-state index in [0.29, 0.717) is 0 Å². The van der Waals surface area contributed by atoms with Crippen LogP contribution in [-0.2, 0) is 9.53 Å². The van der Waals surface area contributed by atoms with E-state index in [1.807, 2.05) is 0 Å². The van der Waals surface area contributed by atoms with E-state index in [4.69, 9.17) is 10.5 Å². The van der Waals surface area contributed by atoms with Gasteiger partial charge in [0.1, 0.15) is 11.6 Å². The van der Waals surface area contributed by atoms with E-state index in [-0.39, 0.29) is 17.8 Å². The molecule has 0 saturated carbocycles. The fourth-order valence-electron chi connectivity index (χ4n) is 1.50. The van der Waals surface area contributed by atoms with Gasteiger partial charge < -0.3 is 15.8 Å². The lowest BCUT2D eigenvalue weighted by Gasteiger charge is -2.22. The molecule has 0 bridgehead atoms. The molecule has 8 heteroatoms. The van der Waals surface area contributed by atoms with Gasteiger partial charge in [-0.3, -0.25) is 19.7 Å². The van der Waals surface area contributed by atoms with Crippen molar-refractivity contribution < 1.29 is 19.2 Å². The quantitative estimate of drug-likeness (QED) is 0.475. The van der Waals surface area contributed by atoms with Crippen molar-refractivity contribution in [3.05, 3.63) is 39.9 Å². The van der Waals surface area contributed by atoms with Crippen LogP contribution in [0.3, 0.4) is 0 Å². The van der Waals surface area contributed by atoms with Crippen molar-refractivity contribution in [2.24, 2.45) is 5.73 Å². The molecule has 0 aliphatic heterocycles. The molecule has 8 nitrogen and oxygen atoms in total. The summed E-state index contributed by atoms with van der Waals surface area (Å²) in [7, 11) is 0. The standard InChI is InChI=1S/C14H19N3O5/c1-14(2,3)22-13(19)11(15)8-16-12(18)9-4-6-10(7-5-9)17(20)21/h4-7,11H,8,15H2,1-3H3,(H,16,18). The number of nitrogens with one attached hydrogen (secondary N) is 1. The third kappa shape index (κ3) is 5.49. The molecule has 1 aromatic rings. The lowest BCUT2D eigenvalue weighted by Crippen LogP contribution is -2.45. The van der Waals surface area contributed by atoms with Gasteiger partial charge in [0.15, 0.2) is 0 Å². The van der Waals surface area contributed by atoms with Gasteiger partial charge in [0, 0.05) is 24.2 Å². The molecule has 1 unspecified atom stereocenters. The molecule has 0 aromatic heterocycles. The van der Waals surface area contributed by atoms with Gasteiger partial charge >= 0.3 is 5.97 Å². The van der Waals surface area contributed by atoms with E-state index in [1.54, 1.807) is 20.8 Å². The topological polar surface area (TPSA) is 125 Å². The number of hydrogen-bond donors (Lipinski definition) is 2. The van der Waals surface area contributed by atoms with Gasteiger partial charge in [-0.15, -0.1) is 0 Å². The molecule has 0 aliphatic rings. The van der Waals surface area contributed by atoms with E-state index in [0.717, 1.165) is 0 Å². The van der Waals surface area contributed by atoms with Crippen LogP contribution in [0.2, 0.25) is 0 Å². The predicted octanol–water partition coefficient (Wildman–Crippen LogP) is 0.994. The smallest absolute Gasteiger partial charge is 0.325 e. The Morgan fingerprint density at radius 1 is 1.32 bits per heavy atom. The molecule has 3 N–H and O–H groups in total. The molecular weight excluding hydrogens is 290 g/mol. The van der Waals surface area contributed by atoms with E-state index in [2.05, 4.69) is 5.32 Å². The third-order valence-electron chi connectivity index (χ3n) is 2.53. The van der Waals surface area contributed by atoms with Crippen molar-refractivity contribution >= 4 is 17.6 Å². The molecule has 1 aromatic carbocycles. The second kappa shape index (κ2) is 6.99. The van der Waals surface area contributed by atoms with Gasteiger partial charge in [0.05, 0.1) is 4.92 Å². The highest BCUT2D eigenvalue weighted by Crippen LogP contribution is 2.12. The van der Waals surface area contributed by atoms with E-state index in [9.17, 15) is 19.7 Å². The zero-order valence-corrected chi connectivity index (χ0v) is 12.7. The van der Waals surface area contributed by atoms with Crippen molar-refractivity contribution in [3.8, 4) is 0 Å².